The first kappa shape index (κ1) is 21.8. The minimum atomic E-state index is -0.270. The predicted molar refractivity (Wildman–Crippen MR) is 118 cm³/mol. The Kier molecular flexibility index (Phi) is 6.77. The average Bonchev–Trinajstić information content (AvgIpc) is 3.00. The molecule has 4 rings (SSSR count). The van der Waals surface area contributed by atoms with Gasteiger partial charge in [0.1, 0.15) is 0 Å². The minimum absolute atomic E-state index is 0. The van der Waals surface area contributed by atoms with Gasteiger partial charge in [-0.15, -0.1) is 12.4 Å². The van der Waals surface area contributed by atoms with Crippen molar-refractivity contribution in [1.82, 2.24) is 10.2 Å². The molecule has 1 heterocycles. The second kappa shape index (κ2) is 9.30. The molecule has 2 aliphatic rings. The number of carbonyl (C=O) groups is 3. The molecule has 0 unspecified atom stereocenters. The van der Waals surface area contributed by atoms with E-state index in [9.17, 15) is 14.4 Å². The molecule has 3 amide bonds. The van der Waals surface area contributed by atoms with E-state index in [1.54, 1.807) is 18.2 Å². The lowest BCUT2D eigenvalue weighted by molar-refractivity contribution is 0.0549. The van der Waals surface area contributed by atoms with Gasteiger partial charge >= 0.3 is 0 Å². The predicted octanol–water partition coefficient (Wildman–Crippen LogP) is 3.59. The normalized spacial score (nSPS) is 16.2. The maximum atomic E-state index is 12.9. The Labute approximate surface area is 182 Å². The number of hydrogen-bond donors (Lipinski definition) is 2. The van der Waals surface area contributed by atoms with E-state index in [4.69, 9.17) is 5.73 Å². The summed E-state index contributed by atoms with van der Waals surface area (Å²) in [5, 5.41) is 2.87. The van der Waals surface area contributed by atoms with Crippen molar-refractivity contribution in [2.75, 3.05) is 12.3 Å². The van der Waals surface area contributed by atoms with Crippen LogP contribution in [0, 0.1) is 0 Å². The summed E-state index contributed by atoms with van der Waals surface area (Å²) in [6, 6.07) is 12.3. The number of carbonyl (C=O) groups excluding carboxylic acids is 3. The summed E-state index contributed by atoms with van der Waals surface area (Å²) >= 11 is 0. The van der Waals surface area contributed by atoms with Crippen molar-refractivity contribution in [2.24, 2.45) is 0 Å². The molecule has 3 N–H and O–H groups in total. The highest BCUT2D eigenvalue weighted by Crippen LogP contribution is 2.31. The summed E-state index contributed by atoms with van der Waals surface area (Å²) in [6.07, 6.45) is 5.65. The van der Waals surface area contributed by atoms with Crippen LogP contribution in [0.3, 0.4) is 0 Å². The van der Waals surface area contributed by atoms with E-state index in [1.165, 1.54) is 4.90 Å². The number of amides is 3. The van der Waals surface area contributed by atoms with Crippen LogP contribution >= 0.6 is 12.4 Å². The van der Waals surface area contributed by atoms with Crippen LogP contribution in [0.4, 0.5) is 5.69 Å². The number of fused-ring (bicyclic) bond motifs is 1. The fraction of sp³-hybridized carbons (Fsp3) is 0.348. The van der Waals surface area contributed by atoms with Crippen molar-refractivity contribution in [3.8, 4) is 0 Å². The number of imide groups is 1. The van der Waals surface area contributed by atoms with E-state index in [2.05, 4.69) is 5.32 Å². The fourth-order valence-electron chi connectivity index (χ4n) is 4.18. The first-order valence-electron chi connectivity index (χ1n) is 10.2. The van der Waals surface area contributed by atoms with Gasteiger partial charge in [-0.2, -0.15) is 0 Å². The molecular formula is C23H26ClN3O3. The second-order valence-electron chi connectivity index (χ2n) is 7.78. The number of benzene rings is 2. The summed E-state index contributed by atoms with van der Waals surface area (Å²) < 4.78 is 0. The monoisotopic (exact) mass is 427 g/mol. The zero-order valence-electron chi connectivity index (χ0n) is 16.7. The number of halogens is 1. The lowest BCUT2D eigenvalue weighted by atomic mass is 9.94. The molecule has 1 saturated carbocycles. The van der Waals surface area contributed by atoms with E-state index in [0.717, 1.165) is 37.7 Å². The Morgan fingerprint density at radius 1 is 0.967 bits per heavy atom. The van der Waals surface area contributed by atoms with E-state index in [0.29, 0.717) is 35.3 Å². The van der Waals surface area contributed by atoms with Crippen LogP contribution in [0.25, 0.3) is 0 Å². The minimum Gasteiger partial charge on any atom is -0.399 e. The van der Waals surface area contributed by atoms with Crippen molar-refractivity contribution in [2.45, 2.75) is 44.6 Å². The van der Waals surface area contributed by atoms with E-state index in [1.807, 2.05) is 24.3 Å². The summed E-state index contributed by atoms with van der Waals surface area (Å²) in [5.74, 6) is -0.750. The quantitative estimate of drug-likeness (QED) is 0.563. The number of hydrogen-bond acceptors (Lipinski definition) is 4. The zero-order valence-corrected chi connectivity index (χ0v) is 17.5. The SMILES string of the molecule is Cl.Nc1ccc(CCNC(=O)c2ccc3c(c2)C(=O)N(C2CCCCC2)C3=O)cc1. The van der Waals surface area contributed by atoms with Crippen LogP contribution in [-0.4, -0.2) is 35.2 Å². The average molecular weight is 428 g/mol. The summed E-state index contributed by atoms with van der Waals surface area (Å²) in [7, 11) is 0. The van der Waals surface area contributed by atoms with Crippen LogP contribution in [0.1, 0.15) is 68.7 Å². The van der Waals surface area contributed by atoms with Gasteiger partial charge in [0.05, 0.1) is 11.1 Å². The molecule has 1 aliphatic carbocycles. The van der Waals surface area contributed by atoms with Crippen molar-refractivity contribution in [3.05, 3.63) is 64.7 Å². The van der Waals surface area contributed by atoms with Crippen molar-refractivity contribution in [3.63, 3.8) is 0 Å². The molecule has 6 nitrogen and oxygen atoms in total. The molecule has 158 valence electrons. The Hall–Kier alpha value is -2.86. The van der Waals surface area contributed by atoms with Gasteiger partial charge in [-0.1, -0.05) is 31.4 Å². The maximum Gasteiger partial charge on any atom is 0.261 e. The number of rotatable bonds is 5. The number of nitrogens with one attached hydrogen (secondary N) is 1. The van der Waals surface area contributed by atoms with E-state index < -0.39 is 0 Å². The lowest BCUT2D eigenvalue weighted by Crippen LogP contribution is -2.40. The van der Waals surface area contributed by atoms with Gasteiger partial charge in [0.15, 0.2) is 0 Å². The smallest absolute Gasteiger partial charge is 0.261 e. The summed E-state index contributed by atoms with van der Waals surface area (Å²) in [6.45, 7) is 0.473. The molecule has 1 fully saturated rings. The third-order valence-electron chi connectivity index (χ3n) is 5.80. The van der Waals surface area contributed by atoms with Gasteiger partial charge in [-0.3, -0.25) is 19.3 Å². The molecule has 0 saturated heterocycles. The van der Waals surface area contributed by atoms with Gasteiger partial charge in [-0.25, -0.2) is 0 Å². The van der Waals surface area contributed by atoms with Crippen LogP contribution in [-0.2, 0) is 6.42 Å². The van der Waals surface area contributed by atoms with Gasteiger partial charge in [0, 0.05) is 23.8 Å². The van der Waals surface area contributed by atoms with Crippen molar-refractivity contribution < 1.29 is 14.4 Å². The Morgan fingerprint density at radius 3 is 2.33 bits per heavy atom. The molecule has 30 heavy (non-hydrogen) atoms. The highest BCUT2D eigenvalue weighted by molar-refractivity contribution is 6.22. The third-order valence-corrected chi connectivity index (χ3v) is 5.80. The number of nitrogens with two attached hydrogens (primary N) is 1. The van der Waals surface area contributed by atoms with Crippen LogP contribution in [0.5, 0.6) is 0 Å². The van der Waals surface area contributed by atoms with Crippen LogP contribution in [0.2, 0.25) is 0 Å². The Balaban J connectivity index is 0.00000256. The second-order valence-corrected chi connectivity index (χ2v) is 7.78. The number of anilines is 1. The maximum absolute atomic E-state index is 12.9. The van der Waals surface area contributed by atoms with Crippen molar-refractivity contribution in [1.29, 1.82) is 0 Å². The van der Waals surface area contributed by atoms with Gasteiger partial charge in [0.25, 0.3) is 17.7 Å². The van der Waals surface area contributed by atoms with Crippen molar-refractivity contribution >= 4 is 35.8 Å². The Morgan fingerprint density at radius 2 is 1.63 bits per heavy atom. The lowest BCUT2D eigenvalue weighted by Gasteiger charge is -2.29. The van der Waals surface area contributed by atoms with Crippen LogP contribution < -0.4 is 11.1 Å². The molecular weight excluding hydrogens is 402 g/mol. The zero-order chi connectivity index (χ0) is 20.4. The molecule has 2 aromatic rings. The number of nitrogens with zero attached hydrogens (tertiary/aromatic N) is 1. The van der Waals surface area contributed by atoms with Crippen LogP contribution in [0.15, 0.2) is 42.5 Å². The van der Waals surface area contributed by atoms with E-state index >= 15 is 0 Å². The highest BCUT2D eigenvalue weighted by atomic mass is 35.5. The molecule has 1 aliphatic heterocycles. The number of nitrogen functional groups attached to an aromatic ring is 1. The molecule has 2 aromatic carbocycles. The topological polar surface area (TPSA) is 92.5 Å². The molecule has 0 spiro atoms. The van der Waals surface area contributed by atoms with E-state index in [-0.39, 0.29) is 36.2 Å². The standard InChI is InChI=1S/C23H25N3O3.ClH/c24-17-9-6-15(7-10-17)12-13-25-21(27)16-8-11-19-20(14-16)23(29)26(22(19)28)18-4-2-1-3-5-18;/h6-11,14,18H,1-5,12-13,24H2,(H,25,27);1H. The molecule has 0 atom stereocenters. The summed E-state index contributed by atoms with van der Waals surface area (Å²) in [5.41, 5.74) is 8.60. The Bertz CT molecular complexity index is 953. The largest absolute Gasteiger partial charge is 0.399 e. The van der Waals surface area contributed by atoms with Gasteiger partial charge in [0.2, 0.25) is 0 Å². The molecule has 7 heteroatoms. The first-order valence-corrected chi connectivity index (χ1v) is 10.2. The summed E-state index contributed by atoms with van der Waals surface area (Å²) in [4.78, 5) is 39.5. The molecule has 0 radical (unpaired) electrons. The van der Waals surface area contributed by atoms with Gasteiger partial charge < -0.3 is 11.1 Å². The first-order chi connectivity index (χ1) is 14.0. The fourth-order valence-corrected chi connectivity index (χ4v) is 4.18. The molecule has 0 bridgehead atoms. The van der Waals surface area contributed by atoms with Gasteiger partial charge in [-0.05, 0) is 55.2 Å². The molecule has 0 aromatic heterocycles. The highest BCUT2D eigenvalue weighted by Gasteiger charge is 2.40. The third kappa shape index (κ3) is 4.33.